The second-order valence-electron chi connectivity index (χ2n) is 8.88. The molecule has 3 aromatic heterocycles. The number of alkyl halides is 6. The third-order valence-electron chi connectivity index (χ3n) is 6.01. The summed E-state index contributed by atoms with van der Waals surface area (Å²) in [5, 5.41) is 4.18. The second-order valence-corrected chi connectivity index (χ2v) is 8.88. The highest BCUT2D eigenvalue weighted by Gasteiger charge is 2.31. The molecule has 0 aliphatic rings. The molecular formula is C26H20F6N6O. The largest absolute Gasteiger partial charge is 0.416 e. The zero-order chi connectivity index (χ0) is 27.9. The number of nitrogens with one attached hydrogen (secondary N) is 1. The lowest BCUT2D eigenvalue weighted by atomic mass is 10.1. The van der Waals surface area contributed by atoms with Crippen LogP contribution in [0.2, 0.25) is 0 Å². The Balaban J connectivity index is 1.52. The van der Waals surface area contributed by atoms with E-state index in [4.69, 9.17) is 0 Å². The summed E-state index contributed by atoms with van der Waals surface area (Å²) in [6.07, 6.45) is -5.52. The maximum absolute atomic E-state index is 13.3. The Bertz CT molecular complexity index is 1710. The van der Waals surface area contributed by atoms with Crippen LogP contribution in [-0.4, -0.2) is 29.3 Å². The highest BCUT2D eigenvalue weighted by molar-refractivity contribution is 5.77. The van der Waals surface area contributed by atoms with Gasteiger partial charge in [0.1, 0.15) is 11.6 Å². The van der Waals surface area contributed by atoms with Gasteiger partial charge in [-0.3, -0.25) is 14.0 Å². The molecule has 2 aromatic carbocycles. The van der Waals surface area contributed by atoms with Crippen LogP contribution in [0.3, 0.4) is 0 Å². The van der Waals surface area contributed by atoms with Crippen molar-refractivity contribution >= 4 is 11.2 Å². The molecule has 0 saturated heterocycles. The summed E-state index contributed by atoms with van der Waals surface area (Å²) in [6, 6.07) is 9.46. The number of halogens is 6. The monoisotopic (exact) mass is 546 g/mol. The molecule has 5 rings (SSSR count). The Morgan fingerprint density at radius 2 is 1.59 bits per heavy atom. The molecule has 0 bridgehead atoms. The molecule has 202 valence electrons. The number of aromatic nitrogens is 6. The smallest absolute Gasteiger partial charge is 0.332 e. The van der Waals surface area contributed by atoms with E-state index < -0.39 is 29.0 Å². The highest BCUT2D eigenvalue weighted by Crippen LogP contribution is 2.32. The number of imidazole rings is 1. The molecular weight excluding hydrogens is 526 g/mol. The Morgan fingerprint density at radius 3 is 2.28 bits per heavy atom. The predicted molar refractivity (Wildman–Crippen MR) is 131 cm³/mol. The first-order chi connectivity index (χ1) is 18.4. The third kappa shape index (κ3) is 5.29. The van der Waals surface area contributed by atoms with Crippen LogP contribution in [0, 0.1) is 0 Å². The Hall–Kier alpha value is -4.42. The molecule has 0 amide bonds. The fourth-order valence-electron chi connectivity index (χ4n) is 4.21. The molecule has 0 saturated carbocycles. The van der Waals surface area contributed by atoms with Gasteiger partial charge in [0.15, 0.2) is 11.2 Å². The van der Waals surface area contributed by atoms with Crippen molar-refractivity contribution in [1.82, 2.24) is 29.3 Å². The van der Waals surface area contributed by atoms with E-state index in [0.29, 0.717) is 17.5 Å². The van der Waals surface area contributed by atoms with Crippen LogP contribution >= 0.6 is 0 Å². The Labute approximate surface area is 216 Å². The van der Waals surface area contributed by atoms with Gasteiger partial charge in [0.05, 0.1) is 29.4 Å². The molecule has 0 radical (unpaired) electrons. The first-order valence-corrected chi connectivity index (χ1v) is 11.8. The maximum atomic E-state index is 13.3. The van der Waals surface area contributed by atoms with E-state index in [2.05, 4.69) is 20.1 Å². The van der Waals surface area contributed by atoms with Gasteiger partial charge in [0.2, 0.25) is 0 Å². The van der Waals surface area contributed by atoms with Gasteiger partial charge in [-0.05, 0) is 36.2 Å². The zero-order valence-electron chi connectivity index (χ0n) is 20.3. The lowest BCUT2D eigenvalue weighted by Gasteiger charge is -2.13. The van der Waals surface area contributed by atoms with Gasteiger partial charge in [-0.15, -0.1) is 0 Å². The number of benzene rings is 2. The van der Waals surface area contributed by atoms with Crippen molar-refractivity contribution in [2.75, 3.05) is 0 Å². The molecule has 0 unspecified atom stereocenters. The second kappa shape index (κ2) is 9.71. The molecule has 0 atom stereocenters. The van der Waals surface area contributed by atoms with Crippen LogP contribution in [0.15, 0.2) is 65.7 Å². The van der Waals surface area contributed by atoms with Gasteiger partial charge < -0.3 is 4.98 Å². The van der Waals surface area contributed by atoms with Crippen LogP contribution in [0.4, 0.5) is 26.3 Å². The standard InChI is InChI=1S/C26H20F6N6O/c1-2-9-38-23(16-6-4-8-19(11-16)26(30,31)32)36-22-20(24(38)39)34-21(35-22)17-12-33-37(14-17)13-15-5-3-7-18(10-15)25(27,28)29/h3-8,10-12,14H,2,9,13H2,1H3,(H,34,35). The quantitative estimate of drug-likeness (QED) is 0.259. The Morgan fingerprint density at radius 1 is 0.897 bits per heavy atom. The highest BCUT2D eigenvalue weighted by atomic mass is 19.4. The summed E-state index contributed by atoms with van der Waals surface area (Å²) in [7, 11) is 0. The van der Waals surface area contributed by atoms with Crippen LogP contribution in [0.25, 0.3) is 33.9 Å². The molecule has 3 heterocycles. The fourth-order valence-corrected chi connectivity index (χ4v) is 4.21. The minimum atomic E-state index is -4.57. The summed E-state index contributed by atoms with van der Waals surface area (Å²) in [6.45, 7) is 2.10. The van der Waals surface area contributed by atoms with Gasteiger partial charge in [-0.25, -0.2) is 9.97 Å². The molecule has 5 aromatic rings. The number of nitrogens with zero attached hydrogens (tertiary/aromatic N) is 5. The van der Waals surface area contributed by atoms with E-state index in [1.54, 1.807) is 12.3 Å². The van der Waals surface area contributed by atoms with E-state index in [9.17, 15) is 31.1 Å². The van der Waals surface area contributed by atoms with Crippen LogP contribution in [0.1, 0.15) is 30.0 Å². The molecule has 0 fully saturated rings. The summed E-state index contributed by atoms with van der Waals surface area (Å²) in [5.74, 6) is 0.285. The van der Waals surface area contributed by atoms with Gasteiger partial charge in [-0.2, -0.15) is 31.4 Å². The van der Waals surface area contributed by atoms with Crippen LogP contribution in [0.5, 0.6) is 0 Å². The van der Waals surface area contributed by atoms with Crippen LogP contribution < -0.4 is 5.56 Å². The van der Waals surface area contributed by atoms with Crippen molar-refractivity contribution < 1.29 is 26.3 Å². The van der Waals surface area contributed by atoms with Crippen molar-refractivity contribution in [3.63, 3.8) is 0 Å². The molecule has 1 N–H and O–H groups in total. The normalized spacial score (nSPS) is 12.4. The van der Waals surface area contributed by atoms with Crippen molar-refractivity contribution in [1.29, 1.82) is 0 Å². The SMILES string of the molecule is CCCn1c(-c2cccc(C(F)(F)F)c2)nc2nc(-c3cnn(Cc4cccc(C(F)(F)F)c4)c3)[nH]c2c1=O. The summed E-state index contributed by atoms with van der Waals surface area (Å²) < 4.78 is 81.7. The predicted octanol–water partition coefficient (Wildman–Crippen LogP) is 6.15. The van der Waals surface area contributed by atoms with Gasteiger partial charge in [-0.1, -0.05) is 31.2 Å². The minimum absolute atomic E-state index is 0.0143. The van der Waals surface area contributed by atoms with E-state index in [0.717, 1.165) is 24.3 Å². The number of rotatable bonds is 6. The average Bonchev–Trinajstić information content (AvgIpc) is 3.52. The van der Waals surface area contributed by atoms with E-state index in [1.807, 2.05) is 6.92 Å². The van der Waals surface area contributed by atoms with E-state index in [-0.39, 0.29) is 41.5 Å². The van der Waals surface area contributed by atoms with Crippen molar-refractivity contribution in [2.45, 2.75) is 38.8 Å². The number of fused-ring (bicyclic) bond motifs is 1. The fraction of sp³-hybridized carbons (Fsp3) is 0.231. The van der Waals surface area contributed by atoms with Crippen molar-refractivity contribution in [3.8, 4) is 22.8 Å². The van der Waals surface area contributed by atoms with Crippen LogP contribution in [-0.2, 0) is 25.4 Å². The molecule has 0 spiro atoms. The summed E-state index contributed by atoms with van der Waals surface area (Å²) in [5.41, 5.74) is -1.09. The third-order valence-corrected chi connectivity index (χ3v) is 6.01. The average molecular weight is 546 g/mol. The lowest BCUT2D eigenvalue weighted by molar-refractivity contribution is -0.138. The molecule has 13 heteroatoms. The summed E-state index contributed by atoms with van der Waals surface area (Å²) >= 11 is 0. The molecule has 0 aliphatic carbocycles. The number of hydrogen-bond acceptors (Lipinski definition) is 4. The Kier molecular flexibility index (Phi) is 6.52. The number of aromatic amines is 1. The minimum Gasteiger partial charge on any atom is -0.332 e. The first kappa shape index (κ1) is 26.2. The van der Waals surface area contributed by atoms with Gasteiger partial charge >= 0.3 is 12.4 Å². The topological polar surface area (TPSA) is 81.4 Å². The number of hydrogen-bond donors (Lipinski definition) is 1. The lowest BCUT2D eigenvalue weighted by Crippen LogP contribution is -2.23. The van der Waals surface area contributed by atoms with E-state index in [1.165, 1.54) is 33.6 Å². The maximum Gasteiger partial charge on any atom is 0.416 e. The van der Waals surface area contributed by atoms with Crippen molar-refractivity contribution in [2.24, 2.45) is 0 Å². The number of H-pyrrole nitrogens is 1. The van der Waals surface area contributed by atoms with E-state index >= 15 is 0 Å². The first-order valence-electron chi connectivity index (χ1n) is 11.8. The van der Waals surface area contributed by atoms with Gasteiger partial charge in [0, 0.05) is 18.3 Å². The zero-order valence-corrected chi connectivity index (χ0v) is 20.3. The van der Waals surface area contributed by atoms with Crippen molar-refractivity contribution in [3.05, 3.63) is 88.0 Å². The van der Waals surface area contributed by atoms with Gasteiger partial charge in [0.25, 0.3) is 5.56 Å². The molecule has 0 aliphatic heterocycles. The summed E-state index contributed by atoms with van der Waals surface area (Å²) in [4.78, 5) is 25.0. The molecule has 7 nitrogen and oxygen atoms in total. The molecule has 39 heavy (non-hydrogen) atoms.